The van der Waals surface area contributed by atoms with Crippen LogP contribution in [0.15, 0.2) is 60.7 Å². The van der Waals surface area contributed by atoms with Crippen molar-refractivity contribution in [2.75, 3.05) is 31.0 Å². The third kappa shape index (κ3) is 7.09. The van der Waals surface area contributed by atoms with Gasteiger partial charge in [-0.15, -0.1) is 0 Å². The number of amides is 2. The highest BCUT2D eigenvalue weighted by Gasteiger charge is 2.03. The van der Waals surface area contributed by atoms with Crippen LogP contribution in [0.3, 0.4) is 0 Å². The van der Waals surface area contributed by atoms with Crippen molar-refractivity contribution in [1.29, 1.82) is 5.26 Å². The number of nitriles is 1. The van der Waals surface area contributed by atoms with Crippen molar-refractivity contribution in [3.63, 3.8) is 0 Å². The van der Waals surface area contributed by atoms with E-state index >= 15 is 0 Å². The molecule has 0 fully saturated rings. The minimum atomic E-state index is -0.632. The third-order valence-corrected chi connectivity index (χ3v) is 3.38. The summed E-state index contributed by atoms with van der Waals surface area (Å²) in [4.78, 5) is 23.3. The highest BCUT2D eigenvalue weighted by molar-refractivity contribution is 5.85. The topological polar surface area (TPSA) is 110 Å². The molecule has 0 saturated carbocycles. The molecule has 0 atom stereocenters. The summed E-state index contributed by atoms with van der Waals surface area (Å²) < 4.78 is 15.0. The predicted octanol–water partition coefficient (Wildman–Crippen LogP) is 3.92. The van der Waals surface area contributed by atoms with E-state index in [1.807, 2.05) is 6.07 Å². The smallest absolute Gasteiger partial charge is 0.411 e. The van der Waals surface area contributed by atoms with Crippen molar-refractivity contribution in [1.82, 2.24) is 0 Å². The fourth-order valence-corrected chi connectivity index (χ4v) is 1.99. The quantitative estimate of drug-likeness (QED) is 0.704. The molecule has 0 bridgehead atoms. The van der Waals surface area contributed by atoms with E-state index in [4.69, 9.17) is 19.5 Å². The van der Waals surface area contributed by atoms with E-state index in [9.17, 15) is 9.59 Å². The lowest BCUT2D eigenvalue weighted by Gasteiger charge is -2.06. The first kappa shape index (κ1) is 20.3. The number of carbonyl (C=O) groups excluding carboxylic acids is 2. The molecule has 0 radical (unpaired) electrons. The molecule has 8 nitrogen and oxygen atoms in total. The minimum Gasteiger partial charge on any atom is -0.497 e. The van der Waals surface area contributed by atoms with Gasteiger partial charge in [0.05, 0.1) is 18.7 Å². The molecular formula is C20H19N3O5. The van der Waals surface area contributed by atoms with Gasteiger partial charge >= 0.3 is 12.2 Å². The number of carbonyl (C=O) groups is 2. The van der Waals surface area contributed by atoms with E-state index in [0.717, 1.165) is 0 Å². The summed E-state index contributed by atoms with van der Waals surface area (Å²) in [6.07, 6.45) is 1.88. The predicted molar refractivity (Wildman–Crippen MR) is 103 cm³/mol. The fourth-order valence-electron chi connectivity index (χ4n) is 1.99. The third-order valence-electron chi connectivity index (χ3n) is 3.38. The first-order valence-corrected chi connectivity index (χ1v) is 8.27. The molecule has 2 aromatic rings. The van der Waals surface area contributed by atoms with Crippen LogP contribution in [-0.4, -0.2) is 32.5 Å². The number of ether oxygens (including phenoxy) is 3. The van der Waals surface area contributed by atoms with Crippen LogP contribution < -0.4 is 15.4 Å². The monoisotopic (exact) mass is 381 g/mol. The minimum absolute atomic E-state index is 0.0194. The van der Waals surface area contributed by atoms with E-state index in [0.29, 0.717) is 22.7 Å². The first-order valence-electron chi connectivity index (χ1n) is 8.27. The summed E-state index contributed by atoms with van der Waals surface area (Å²) in [6.45, 7) is 0.0498. The number of benzene rings is 2. The molecule has 2 N–H and O–H groups in total. The van der Waals surface area contributed by atoms with Gasteiger partial charge in [0.1, 0.15) is 19.0 Å². The van der Waals surface area contributed by atoms with Gasteiger partial charge in [-0.05, 0) is 60.7 Å². The molecule has 0 spiro atoms. The van der Waals surface area contributed by atoms with Crippen LogP contribution in [0, 0.1) is 11.3 Å². The molecule has 0 aliphatic rings. The Labute approximate surface area is 162 Å². The maximum Gasteiger partial charge on any atom is 0.411 e. The molecule has 8 heteroatoms. The van der Waals surface area contributed by atoms with E-state index < -0.39 is 12.2 Å². The zero-order valence-corrected chi connectivity index (χ0v) is 15.2. The van der Waals surface area contributed by atoms with Gasteiger partial charge in [0, 0.05) is 11.4 Å². The fraction of sp³-hybridized carbons (Fsp3) is 0.150. The number of nitrogens with one attached hydrogen (secondary N) is 2. The zero-order valence-electron chi connectivity index (χ0n) is 15.2. The van der Waals surface area contributed by atoms with Crippen LogP contribution in [0.1, 0.15) is 5.56 Å². The van der Waals surface area contributed by atoms with Crippen molar-refractivity contribution < 1.29 is 23.8 Å². The number of anilines is 2. The number of nitrogens with zero attached hydrogens (tertiary/aromatic N) is 1. The molecule has 144 valence electrons. The molecule has 2 rings (SSSR count). The lowest BCUT2D eigenvalue weighted by molar-refractivity contribution is 0.169. The Bertz CT molecular complexity index is 855. The van der Waals surface area contributed by atoms with E-state index in [1.165, 1.54) is 0 Å². The zero-order chi connectivity index (χ0) is 20.2. The largest absolute Gasteiger partial charge is 0.497 e. The lowest BCUT2D eigenvalue weighted by atomic mass is 10.2. The van der Waals surface area contributed by atoms with Crippen molar-refractivity contribution in [2.45, 2.75) is 0 Å². The summed E-state index contributed by atoms with van der Waals surface area (Å²) in [5, 5.41) is 13.8. The molecule has 0 heterocycles. The summed E-state index contributed by atoms with van der Waals surface area (Å²) in [7, 11) is 1.56. The number of methoxy groups -OCH3 is 1. The Hall–Kier alpha value is -3.99. The van der Waals surface area contributed by atoms with Gasteiger partial charge in [0.25, 0.3) is 0 Å². The maximum atomic E-state index is 11.6. The van der Waals surface area contributed by atoms with Gasteiger partial charge in [-0.2, -0.15) is 5.26 Å². The standard InChI is InChI=1S/C20H19N3O5/c1-26-18-10-8-17(9-11-18)23-20(25)28-13-3-2-12-27-19(24)22-16-6-4-15(14-21)5-7-16/h2-11H,12-13H2,1H3,(H,22,24)(H,23,25)/b3-2+. The van der Waals surface area contributed by atoms with Gasteiger partial charge in [-0.25, -0.2) is 9.59 Å². The molecule has 2 amide bonds. The molecule has 28 heavy (non-hydrogen) atoms. The summed E-state index contributed by atoms with van der Waals surface area (Å²) in [5.41, 5.74) is 1.60. The Balaban J connectivity index is 1.61. The summed E-state index contributed by atoms with van der Waals surface area (Å²) in [5.74, 6) is 0.685. The van der Waals surface area contributed by atoms with Crippen molar-refractivity contribution >= 4 is 23.6 Å². The van der Waals surface area contributed by atoms with Crippen LogP contribution in [0.2, 0.25) is 0 Å². The van der Waals surface area contributed by atoms with Crippen molar-refractivity contribution in [2.24, 2.45) is 0 Å². The summed E-state index contributed by atoms with van der Waals surface area (Å²) >= 11 is 0. The second kappa shape index (κ2) is 10.9. The Kier molecular flexibility index (Phi) is 7.90. The highest BCUT2D eigenvalue weighted by Crippen LogP contribution is 2.15. The van der Waals surface area contributed by atoms with Crippen molar-refractivity contribution in [3.05, 3.63) is 66.2 Å². The number of hydrogen-bond donors (Lipinski definition) is 2. The molecule has 0 aliphatic heterocycles. The van der Waals surface area contributed by atoms with Gasteiger partial charge in [0.2, 0.25) is 0 Å². The van der Waals surface area contributed by atoms with E-state index in [1.54, 1.807) is 67.8 Å². The number of rotatable bonds is 7. The average molecular weight is 381 g/mol. The molecule has 0 aromatic heterocycles. The van der Waals surface area contributed by atoms with Crippen molar-refractivity contribution in [3.8, 4) is 11.8 Å². The normalized spacial score (nSPS) is 10.0. The van der Waals surface area contributed by atoms with Gasteiger partial charge < -0.3 is 14.2 Å². The van der Waals surface area contributed by atoms with Crippen LogP contribution in [0.5, 0.6) is 5.75 Å². The maximum absolute atomic E-state index is 11.6. The van der Waals surface area contributed by atoms with Gasteiger partial charge in [-0.3, -0.25) is 10.6 Å². The van der Waals surface area contributed by atoms with Crippen LogP contribution in [0.4, 0.5) is 21.0 Å². The molecule has 0 unspecified atom stereocenters. The molecule has 2 aromatic carbocycles. The van der Waals surface area contributed by atoms with Crippen LogP contribution >= 0.6 is 0 Å². The second-order valence-electron chi connectivity index (χ2n) is 5.34. The van der Waals surface area contributed by atoms with E-state index in [-0.39, 0.29) is 13.2 Å². The Morgan fingerprint density at radius 1 is 0.893 bits per heavy atom. The average Bonchev–Trinajstić information content (AvgIpc) is 2.71. The Morgan fingerprint density at radius 2 is 1.36 bits per heavy atom. The summed E-state index contributed by atoms with van der Waals surface area (Å²) in [6, 6.07) is 15.2. The number of hydrogen-bond acceptors (Lipinski definition) is 6. The van der Waals surface area contributed by atoms with Gasteiger partial charge in [-0.1, -0.05) is 0 Å². The first-order chi connectivity index (χ1) is 13.6. The lowest BCUT2D eigenvalue weighted by Crippen LogP contribution is -2.14. The SMILES string of the molecule is COc1ccc(NC(=O)OC/C=C/COC(=O)Nc2ccc(C#N)cc2)cc1. The van der Waals surface area contributed by atoms with E-state index in [2.05, 4.69) is 10.6 Å². The van der Waals surface area contributed by atoms with Gasteiger partial charge in [0.15, 0.2) is 0 Å². The highest BCUT2D eigenvalue weighted by atomic mass is 16.6. The Morgan fingerprint density at radius 3 is 1.79 bits per heavy atom. The van der Waals surface area contributed by atoms with Crippen LogP contribution in [0.25, 0.3) is 0 Å². The second-order valence-corrected chi connectivity index (χ2v) is 5.34. The molecule has 0 saturated heterocycles. The molecular weight excluding hydrogens is 362 g/mol. The van der Waals surface area contributed by atoms with Crippen LogP contribution in [-0.2, 0) is 9.47 Å². The molecule has 0 aliphatic carbocycles.